The molecule has 30 heavy (non-hydrogen) atoms. The van der Waals surface area contributed by atoms with Crippen molar-refractivity contribution in [3.05, 3.63) is 28.3 Å². The Hall–Kier alpha value is -2.44. The Kier molecular flexibility index (Phi) is 8.81. The molecule has 0 aromatic heterocycles. The normalized spacial score (nSPS) is 14.9. The van der Waals surface area contributed by atoms with Crippen molar-refractivity contribution in [2.75, 3.05) is 63.6 Å². The van der Waals surface area contributed by atoms with Crippen LogP contribution in [0.5, 0.6) is 5.75 Å². The predicted octanol–water partition coefficient (Wildman–Crippen LogP) is 0.598. The molecule has 1 saturated heterocycles. The first-order chi connectivity index (χ1) is 14.2. The second-order valence-electron chi connectivity index (χ2n) is 6.86. The summed E-state index contributed by atoms with van der Waals surface area (Å²) in [6.45, 7) is 4.29. The Morgan fingerprint density at radius 3 is 2.67 bits per heavy atom. The molecule has 1 heterocycles. The van der Waals surface area contributed by atoms with Gasteiger partial charge in [0.15, 0.2) is 0 Å². The maximum atomic E-state index is 12.3. The van der Waals surface area contributed by atoms with E-state index < -0.39 is 14.9 Å². The molecule has 1 aromatic rings. The van der Waals surface area contributed by atoms with Crippen molar-refractivity contribution in [2.24, 2.45) is 0 Å². The van der Waals surface area contributed by atoms with Crippen molar-refractivity contribution < 1.29 is 27.6 Å². The second-order valence-corrected chi connectivity index (χ2v) is 8.76. The number of hydrogen-bond donors (Lipinski definition) is 1. The van der Waals surface area contributed by atoms with Gasteiger partial charge in [-0.05, 0) is 12.5 Å². The molecule has 0 bridgehead atoms. The quantitative estimate of drug-likeness (QED) is 0.388. The summed E-state index contributed by atoms with van der Waals surface area (Å²) in [6, 6.07) is 3.75. The van der Waals surface area contributed by atoms with Gasteiger partial charge in [-0.3, -0.25) is 24.1 Å². The molecule has 168 valence electrons. The Morgan fingerprint density at radius 2 is 2.07 bits per heavy atom. The molecule has 1 N–H and O–H groups in total. The number of non-ortho nitro benzene ring substituents is 1. The van der Waals surface area contributed by atoms with Crippen molar-refractivity contribution in [3.8, 4) is 5.75 Å². The number of hydrogen-bond acceptors (Lipinski definition) is 8. The third kappa shape index (κ3) is 7.11. The zero-order valence-electron chi connectivity index (χ0n) is 17.2. The minimum Gasteiger partial charge on any atom is -0.495 e. The van der Waals surface area contributed by atoms with Crippen LogP contribution in [0.2, 0.25) is 0 Å². The van der Waals surface area contributed by atoms with Crippen LogP contribution < -0.4 is 14.4 Å². The fraction of sp³-hybridized carbons (Fsp3) is 0.611. The lowest BCUT2D eigenvalue weighted by Gasteiger charge is -2.26. The second kappa shape index (κ2) is 11.1. The Balaban J connectivity index is 1.93. The van der Waals surface area contributed by atoms with Gasteiger partial charge >= 0.3 is 0 Å². The summed E-state index contributed by atoms with van der Waals surface area (Å²) in [7, 11) is -2.39. The van der Waals surface area contributed by atoms with Crippen LogP contribution in [0, 0.1) is 10.1 Å². The first kappa shape index (κ1) is 23.8. The van der Waals surface area contributed by atoms with Gasteiger partial charge in [-0.2, -0.15) is 0 Å². The zero-order chi connectivity index (χ0) is 22.1. The smallest absolute Gasteiger partial charge is 0.271 e. The maximum Gasteiger partial charge on any atom is 0.271 e. The maximum absolute atomic E-state index is 12.3. The fourth-order valence-electron chi connectivity index (χ4n) is 3.10. The van der Waals surface area contributed by atoms with Gasteiger partial charge in [-0.25, -0.2) is 8.42 Å². The molecule has 2 rings (SSSR count). The van der Waals surface area contributed by atoms with Crippen molar-refractivity contribution in [2.45, 2.75) is 12.8 Å². The van der Waals surface area contributed by atoms with Crippen molar-refractivity contribution >= 4 is 27.3 Å². The number of morpholine rings is 1. The monoisotopic (exact) mass is 444 g/mol. The molecule has 0 aliphatic carbocycles. The molecule has 1 aromatic carbocycles. The molecule has 1 aliphatic rings. The number of amides is 1. The molecule has 11 nitrogen and oxygen atoms in total. The van der Waals surface area contributed by atoms with E-state index in [4.69, 9.17) is 9.47 Å². The SMILES string of the molecule is COc1ccc([N+](=O)[O-])cc1N(CCCC(=O)NCCN1CCOCC1)S(C)(=O)=O. The first-order valence-corrected chi connectivity index (χ1v) is 11.4. The summed E-state index contributed by atoms with van der Waals surface area (Å²) >= 11 is 0. The molecular formula is C18H28N4O7S. The number of rotatable bonds is 11. The number of nitrogens with one attached hydrogen (secondary N) is 1. The number of methoxy groups -OCH3 is 1. The predicted molar refractivity (Wildman–Crippen MR) is 111 cm³/mol. The number of carbonyl (C=O) groups excluding carboxylic acids is 1. The number of ether oxygens (including phenoxy) is 2. The Labute approximate surface area is 176 Å². The van der Waals surface area contributed by atoms with Gasteiger partial charge in [0.05, 0.1) is 31.5 Å². The zero-order valence-corrected chi connectivity index (χ0v) is 18.0. The molecule has 0 radical (unpaired) electrons. The van der Waals surface area contributed by atoms with E-state index in [2.05, 4.69) is 10.2 Å². The van der Waals surface area contributed by atoms with E-state index in [9.17, 15) is 23.3 Å². The van der Waals surface area contributed by atoms with E-state index in [1.807, 2.05) is 0 Å². The standard InChI is InChI=1S/C18H28N4O7S/c1-28-17-6-5-15(22(24)25)14-16(17)21(30(2,26)27)8-3-4-18(23)19-7-9-20-10-12-29-13-11-20/h5-6,14H,3-4,7-13H2,1-2H3,(H,19,23). The van der Waals surface area contributed by atoms with E-state index in [0.29, 0.717) is 19.8 Å². The van der Waals surface area contributed by atoms with Crippen LogP contribution in [0.25, 0.3) is 0 Å². The highest BCUT2D eigenvalue weighted by Crippen LogP contribution is 2.33. The largest absolute Gasteiger partial charge is 0.495 e. The third-order valence-corrected chi connectivity index (χ3v) is 5.84. The number of anilines is 1. The number of carbonyl (C=O) groups is 1. The Morgan fingerprint density at radius 1 is 1.37 bits per heavy atom. The molecule has 0 atom stereocenters. The van der Waals surface area contributed by atoms with E-state index in [1.54, 1.807) is 0 Å². The molecule has 1 amide bonds. The van der Waals surface area contributed by atoms with Crippen LogP contribution in [0.3, 0.4) is 0 Å². The first-order valence-electron chi connectivity index (χ1n) is 9.59. The molecule has 1 fully saturated rings. The highest BCUT2D eigenvalue weighted by Gasteiger charge is 2.24. The highest BCUT2D eigenvalue weighted by atomic mass is 32.2. The van der Waals surface area contributed by atoms with Gasteiger partial charge in [0.2, 0.25) is 15.9 Å². The number of nitro groups is 1. The summed E-state index contributed by atoms with van der Waals surface area (Å²) in [5.41, 5.74) is -0.178. The van der Waals surface area contributed by atoms with Crippen LogP contribution in [-0.4, -0.2) is 83.5 Å². The average Bonchev–Trinajstić information content (AvgIpc) is 2.70. The lowest BCUT2D eigenvalue weighted by Crippen LogP contribution is -2.41. The summed E-state index contributed by atoms with van der Waals surface area (Å²) in [5, 5.41) is 13.9. The lowest BCUT2D eigenvalue weighted by molar-refractivity contribution is -0.384. The average molecular weight is 445 g/mol. The van der Waals surface area contributed by atoms with Crippen LogP contribution >= 0.6 is 0 Å². The van der Waals surface area contributed by atoms with Gasteiger partial charge in [-0.15, -0.1) is 0 Å². The van der Waals surface area contributed by atoms with Gasteiger partial charge < -0.3 is 14.8 Å². The lowest BCUT2D eigenvalue weighted by atomic mass is 10.2. The van der Waals surface area contributed by atoms with Gasteiger partial charge in [0, 0.05) is 51.3 Å². The third-order valence-electron chi connectivity index (χ3n) is 4.66. The van der Waals surface area contributed by atoms with E-state index in [-0.39, 0.29) is 42.4 Å². The minimum atomic E-state index is -3.74. The summed E-state index contributed by atoms with van der Waals surface area (Å²) in [4.78, 5) is 24.8. The van der Waals surface area contributed by atoms with E-state index >= 15 is 0 Å². The fourth-order valence-corrected chi connectivity index (χ4v) is 4.06. The van der Waals surface area contributed by atoms with Crippen LogP contribution in [-0.2, 0) is 19.6 Å². The van der Waals surface area contributed by atoms with Crippen LogP contribution in [0.15, 0.2) is 18.2 Å². The van der Waals surface area contributed by atoms with Crippen LogP contribution in [0.1, 0.15) is 12.8 Å². The molecular weight excluding hydrogens is 416 g/mol. The van der Waals surface area contributed by atoms with Gasteiger partial charge in [0.1, 0.15) is 11.4 Å². The van der Waals surface area contributed by atoms with Crippen molar-refractivity contribution in [1.29, 1.82) is 0 Å². The number of sulfonamides is 1. The molecule has 0 unspecified atom stereocenters. The number of benzene rings is 1. The van der Waals surface area contributed by atoms with Gasteiger partial charge in [-0.1, -0.05) is 0 Å². The van der Waals surface area contributed by atoms with Crippen molar-refractivity contribution in [1.82, 2.24) is 10.2 Å². The van der Waals surface area contributed by atoms with Crippen molar-refractivity contribution in [3.63, 3.8) is 0 Å². The summed E-state index contributed by atoms with van der Waals surface area (Å²) < 4.78 is 36.1. The number of nitro benzene ring substituents is 1. The van der Waals surface area contributed by atoms with E-state index in [0.717, 1.165) is 36.3 Å². The molecule has 0 saturated carbocycles. The molecule has 0 spiro atoms. The summed E-state index contributed by atoms with van der Waals surface area (Å²) in [6.07, 6.45) is 1.39. The molecule has 1 aliphatic heterocycles. The topological polar surface area (TPSA) is 131 Å². The Bertz CT molecular complexity index is 841. The van der Waals surface area contributed by atoms with E-state index in [1.165, 1.54) is 19.2 Å². The minimum absolute atomic E-state index is 0.00670. The molecule has 12 heteroatoms. The van der Waals surface area contributed by atoms with Crippen LogP contribution in [0.4, 0.5) is 11.4 Å². The summed E-state index contributed by atoms with van der Waals surface area (Å²) in [5.74, 6) is 0.0173. The van der Waals surface area contributed by atoms with Gasteiger partial charge in [0.25, 0.3) is 5.69 Å². The number of nitrogens with zero attached hydrogens (tertiary/aromatic N) is 3. The highest BCUT2D eigenvalue weighted by molar-refractivity contribution is 7.92.